The van der Waals surface area contributed by atoms with Crippen molar-refractivity contribution in [3.8, 4) is 11.4 Å². The van der Waals surface area contributed by atoms with Crippen molar-refractivity contribution >= 4 is 11.7 Å². The van der Waals surface area contributed by atoms with Crippen molar-refractivity contribution in [1.29, 1.82) is 0 Å². The van der Waals surface area contributed by atoms with Crippen LogP contribution in [0.3, 0.4) is 0 Å². The number of hydrogen-bond acceptors (Lipinski definition) is 5. The maximum atomic E-state index is 14.0. The highest BCUT2D eigenvalue weighted by Gasteiger charge is 2.38. The average molecular weight is 345 g/mol. The number of nitrogens with zero attached hydrogens (tertiary/aromatic N) is 2. The van der Waals surface area contributed by atoms with Gasteiger partial charge in [-0.15, -0.1) is 0 Å². The SMILES string of the molecule is CCC(=O)C(=O)NCc1ccc(-c2noc(C(F)(F)F)n2)cc1F. The first-order chi connectivity index (χ1) is 11.2. The Kier molecular flexibility index (Phi) is 4.96. The van der Waals surface area contributed by atoms with Gasteiger partial charge in [-0.25, -0.2) is 4.39 Å². The smallest absolute Gasteiger partial charge is 0.345 e. The van der Waals surface area contributed by atoms with Crippen LogP contribution in [0.1, 0.15) is 24.8 Å². The van der Waals surface area contributed by atoms with Gasteiger partial charge in [0.25, 0.3) is 5.91 Å². The monoisotopic (exact) mass is 345 g/mol. The van der Waals surface area contributed by atoms with Crippen molar-refractivity contribution in [3.63, 3.8) is 0 Å². The van der Waals surface area contributed by atoms with Crippen LogP contribution in [-0.4, -0.2) is 21.8 Å². The normalized spacial score (nSPS) is 11.4. The Bertz CT molecular complexity index is 771. The van der Waals surface area contributed by atoms with Crippen molar-refractivity contribution < 1.29 is 31.7 Å². The van der Waals surface area contributed by atoms with Crippen molar-refractivity contribution in [1.82, 2.24) is 15.5 Å². The van der Waals surface area contributed by atoms with Crippen LogP contribution in [0, 0.1) is 5.82 Å². The molecule has 0 saturated carbocycles. The number of hydrogen-bond donors (Lipinski definition) is 1. The summed E-state index contributed by atoms with van der Waals surface area (Å²) in [6.07, 6.45) is -4.77. The number of carbonyl (C=O) groups is 2. The fraction of sp³-hybridized carbons (Fsp3) is 0.286. The van der Waals surface area contributed by atoms with E-state index >= 15 is 0 Å². The summed E-state index contributed by atoms with van der Waals surface area (Å²) in [7, 11) is 0. The van der Waals surface area contributed by atoms with Gasteiger partial charge in [-0.2, -0.15) is 18.2 Å². The third-order valence-electron chi connectivity index (χ3n) is 2.99. The number of aromatic nitrogens is 2. The second kappa shape index (κ2) is 6.77. The number of Topliss-reactive ketones (excluding diaryl/α,β-unsaturated/α-hetero) is 1. The summed E-state index contributed by atoms with van der Waals surface area (Å²) < 4.78 is 55.2. The van der Waals surface area contributed by atoms with Crippen LogP contribution in [0.25, 0.3) is 11.4 Å². The lowest BCUT2D eigenvalue weighted by molar-refractivity contribution is -0.159. The maximum Gasteiger partial charge on any atom is 0.471 e. The first kappa shape index (κ1) is 17.6. The molecule has 0 aliphatic heterocycles. The van der Waals surface area contributed by atoms with E-state index in [0.717, 1.165) is 6.07 Å². The van der Waals surface area contributed by atoms with Gasteiger partial charge in [0.05, 0.1) is 0 Å². The number of alkyl halides is 3. The van der Waals surface area contributed by atoms with Crippen LogP contribution >= 0.6 is 0 Å². The number of nitrogens with one attached hydrogen (secondary N) is 1. The Morgan fingerprint density at radius 1 is 1.29 bits per heavy atom. The Morgan fingerprint density at radius 3 is 2.54 bits per heavy atom. The molecular weight excluding hydrogens is 334 g/mol. The highest BCUT2D eigenvalue weighted by Crippen LogP contribution is 2.29. The number of amides is 1. The summed E-state index contributed by atoms with van der Waals surface area (Å²) in [6, 6.07) is 3.43. The molecule has 0 aliphatic rings. The first-order valence-corrected chi connectivity index (χ1v) is 6.73. The largest absolute Gasteiger partial charge is 0.471 e. The fourth-order valence-electron chi connectivity index (χ4n) is 1.72. The first-order valence-electron chi connectivity index (χ1n) is 6.73. The number of halogens is 4. The molecule has 0 atom stereocenters. The highest BCUT2D eigenvalue weighted by atomic mass is 19.4. The maximum absolute atomic E-state index is 14.0. The number of ketones is 1. The summed E-state index contributed by atoms with van der Waals surface area (Å²) in [5.41, 5.74) is 0.0296. The fourth-order valence-corrected chi connectivity index (χ4v) is 1.72. The molecule has 1 N–H and O–H groups in total. The van der Waals surface area contributed by atoms with E-state index in [2.05, 4.69) is 20.0 Å². The molecule has 2 aromatic rings. The number of benzene rings is 1. The van der Waals surface area contributed by atoms with E-state index in [1.165, 1.54) is 19.1 Å². The molecule has 1 aromatic carbocycles. The lowest BCUT2D eigenvalue weighted by atomic mass is 10.1. The van der Waals surface area contributed by atoms with Gasteiger partial charge < -0.3 is 9.84 Å². The molecule has 1 amide bonds. The predicted molar refractivity (Wildman–Crippen MR) is 71.8 cm³/mol. The zero-order valence-electron chi connectivity index (χ0n) is 12.3. The zero-order valence-corrected chi connectivity index (χ0v) is 12.3. The van der Waals surface area contributed by atoms with Crippen molar-refractivity contribution in [2.24, 2.45) is 0 Å². The topological polar surface area (TPSA) is 85.1 Å². The molecule has 1 heterocycles. The van der Waals surface area contributed by atoms with Crippen LogP contribution in [0.4, 0.5) is 17.6 Å². The molecule has 0 fully saturated rings. The number of carbonyl (C=O) groups excluding carboxylic acids is 2. The van der Waals surface area contributed by atoms with Gasteiger partial charge in [-0.05, 0) is 6.07 Å². The van der Waals surface area contributed by atoms with Crippen LogP contribution in [-0.2, 0) is 22.3 Å². The molecule has 10 heteroatoms. The summed E-state index contributed by atoms with van der Waals surface area (Å²) in [5, 5.41) is 5.39. The van der Waals surface area contributed by atoms with Crippen LogP contribution in [0.5, 0.6) is 0 Å². The van der Waals surface area contributed by atoms with Gasteiger partial charge in [0, 0.05) is 24.1 Å². The van der Waals surface area contributed by atoms with Gasteiger partial charge in [0.1, 0.15) is 5.82 Å². The van der Waals surface area contributed by atoms with Crippen molar-refractivity contribution in [3.05, 3.63) is 35.5 Å². The van der Waals surface area contributed by atoms with E-state index in [4.69, 9.17) is 0 Å². The minimum atomic E-state index is -4.79. The van der Waals surface area contributed by atoms with E-state index in [1.54, 1.807) is 0 Å². The second-order valence-electron chi connectivity index (χ2n) is 4.69. The molecule has 0 unspecified atom stereocenters. The van der Waals surface area contributed by atoms with Crippen LogP contribution in [0.2, 0.25) is 0 Å². The van der Waals surface area contributed by atoms with E-state index in [1.807, 2.05) is 0 Å². The number of rotatable bonds is 5. The van der Waals surface area contributed by atoms with Gasteiger partial charge in [-0.1, -0.05) is 24.2 Å². The predicted octanol–water partition coefficient (Wildman–Crippen LogP) is 2.49. The molecule has 2 rings (SSSR count). The summed E-state index contributed by atoms with van der Waals surface area (Å²) >= 11 is 0. The summed E-state index contributed by atoms with van der Waals surface area (Å²) in [4.78, 5) is 25.6. The van der Waals surface area contributed by atoms with Gasteiger partial charge in [0.2, 0.25) is 11.6 Å². The third kappa shape index (κ3) is 3.94. The zero-order chi connectivity index (χ0) is 17.9. The Balaban J connectivity index is 2.14. The van der Waals surface area contributed by atoms with E-state index in [9.17, 15) is 27.2 Å². The molecule has 0 spiro atoms. The third-order valence-corrected chi connectivity index (χ3v) is 2.99. The molecule has 6 nitrogen and oxygen atoms in total. The second-order valence-corrected chi connectivity index (χ2v) is 4.69. The minimum absolute atomic E-state index is 0.0205. The van der Waals surface area contributed by atoms with E-state index < -0.39 is 35.4 Å². The molecule has 128 valence electrons. The Labute approximate surface area is 132 Å². The lowest BCUT2D eigenvalue weighted by Gasteiger charge is -2.06. The highest BCUT2D eigenvalue weighted by molar-refractivity contribution is 6.35. The average Bonchev–Trinajstić information content (AvgIpc) is 3.02. The van der Waals surface area contributed by atoms with Crippen LogP contribution < -0.4 is 5.32 Å². The van der Waals surface area contributed by atoms with Crippen molar-refractivity contribution in [2.75, 3.05) is 0 Å². The molecule has 24 heavy (non-hydrogen) atoms. The summed E-state index contributed by atoms with van der Waals surface area (Å²) in [6.45, 7) is 1.27. The minimum Gasteiger partial charge on any atom is -0.345 e. The summed E-state index contributed by atoms with van der Waals surface area (Å²) in [5.74, 6) is -4.23. The molecule has 0 radical (unpaired) electrons. The lowest BCUT2D eigenvalue weighted by Crippen LogP contribution is -2.30. The standard InChI is InChI=1S/C14H11F4N3O3/c1-2-10(22)12(23)19-6-8-4-3-7(5-9(8)15)11-20-13(24-21-11)14(16,17)18/h3-5H,2,6H2,1H3,(H,19,23). The van der Waals surface area contributed by atoms with E-state index in [0.29, 0.717) is 0 Å². The van der Waals surface area contributed by atoms with Gasteiger partial charge in [-0.3, -0.25) is 9.59 Å². The Hall–Kier alpha value is -2.78. The van der Waals surface area contributed by atoms with Crippen LogP contribution in [0.15, 0.2) is 22.7 Å². The van der Waals surface area contributed by atoms with Gasteiger partial charge >= 0.3 is 12.1 Å². The molecular formula is C14H11F4N3O3. The van der Waals surface area contributed by atoms with Crippen molar-refractivity contribution in [2.45, 2.75) is 26.1 Å². The Morgan fingerprint density at radius 2 is 2.00 bits per heavy atom. The quantitative estimate of drug-likeness (QED) is 0.665. The van der Waals surface area contributed by atoms with E-state index in [-0.39, 0.29) is 24.1 Å². The van der Waals surface area contributed by atoms with Gasteiger partial charge in [0.15, 0.2) is 0 Å². The molecule has 1 aromatic heterocycles. The molecule has 0 saturated heterocycles. The molecule has 0 bridgehead atoms. The molecule has 0 aliphatic carbocycles.